The van der Waals surface area contributed by atoms with Crippen molar-refractivity contribution in [3.05, 3.63) is 53.9 Å². The number of aryl methyl sites for hydroxylation is 1. The Labute approximate surface area is 82.8 Å². The fraction of sp³-hybridized carbons (Fsp3) is 0.0833. The molecule has 0 saturated carbocycles. The Bertz CT molecular complexity index is 440. The fourth-order valence-electron chi connectivity index (χ4n) is 1.36. The van der Waals surface area contributed by atoms with Crippen LogP contribution in [0, 0.1) is 6.92 Å². The van der Waals surface area contributed by atoms with Gasteiger partial charge in [-0.3, -0.25) is 4.79 Å². The SMILES string of the molecule is Cc1ccc(-n2ccc(C=O)c2)cc1. The van der Waals surface area contributed by atoms with Crippen molar-refractivity contribution in [2.75, 3.05) is 0 Å². The highest BCUT2D eigenvalue weighted by molar-refractivity contribution is 5.74. The summed E-state index contributed by atoms with van der Waals surface area (Å²) in [6, 6.07) is 9.96. The number of rotatable bonds is 2. The molecule has 0 N–H and O–H groups in total. The van der Waals surface area contributed by atoms with Gasteiger partial charge in [0.1, 0.15) is 0 Å². The van der Waals surface area contributed by atoms with Crippen molar-refractivity contribution in [1.82, 2.24) is 4.57 Å². The largest absolute Gasteiger partial charge is 0.323 e. The number of hydrogen-bond acceptors (Lipinski definition) is 1. The standard InChI is InChI=1S/C12H11NO/c1-10-2-4-12(5-3-10)13-7-6-11(8-13)9-14/h2-9H,1H3. The van der Waals surface area contributed by atoms with E-state index in [9.17, 15) is 4.79 Å². The quantitative estimate of drug-likeness (QED) is 0.659. The van der Waals surface area contributed by atoms with E-state index in [1.54, 1.807) is 6.07 Å². The molecule has 0 radical (unpaired) electrons. The van der Waals surface area contributed by atoms with Crippen LogP contribution in [0.3, 0.4) is 0 Å². The van der Waals surface area contributed by atoms with Crippen LogP contribution in [0.25, 0.3) is 5.69 Å². The summed E-state index contributed by atoms with van der Waals surface area (Å²) < 4.78 is 1.93. The minimum absolute atomic E-state index is 0.700. The second-order valence-corrected chi connectivity index (χ2v) is 3.31. The van der Waals surface area contributed by atoms with Gasteiger partial charge in [0.25, 0.3) is 0 Å². The molecule has 0 unspecified atom stereocenters. The van der Waals surface area contributed by atoms with Gasteiger partial charge in [0.15, 0.2) is 6.29 Å². The summed E-state index contributed by atoms with van der Waals surface area (Å²) in [5, 5.41) is 0. The summed E-state index contributed by atoms with van der Waals surface area (Å²) in [5.41, 5.74) is 3.01. The van der Waals surface area contributed by atoms with Crippen LogP contribution in [0.15, 0.2) is 42.7 Å². The second-order valence-electron chi connectivity index (χ2n) is 3.31. The molecule has 0 aliphatic carbocycles. The molecule has 1 aromatic heterocycles. The zero-order chi connectivity index (χ0) is 9.97. The topological polar surface area (TPSA) is 22.0 Å². The summed E-state index contributed by atoms with van der Waals surface area (Å²) in [5.74, 6) is 0. The lowest BCUT2D eigenvalue weighted by Gasteiger charge is -2.02. The fourth-order valence-corrected chi connectivity index (χ4v) is 1.36. The molecule has 0 aliphatic rings. The molecular formula is C12H11NO. The number of aromatic nitrogens is 1. The van der Waals surface area contributed by atoms with Crippen molar-refractivity contribution in [1.29, 1.82) is 0 Å². The van der Waals surface area contributed by atoms with E-state index in [0.29, 0.717) is 5.56 Å². The minimum atomic E-state index is 0.700. The van der Waals surface area contributed by atoms with Crippen LogP contribution in [0.5, 0.6) is 0 Å². The second kappa shape index (κ2) is 3.50. The summed E-state index contributed by atoms with van der Waals surface area (Å²) in [4.78, 5) is 10.5. The summed E-state index contributed by atoms with van der Waals surface area (Å²) >= 11 is 0. The lowest BCUT2D eigenvalue weighted by Crippen LogP contribution is -1.89. The van der Waals surface area contributed by atoms with Crippen LogP contribution in [0.1, 0.15) is 15.9 Å². The highest BCUT2D eigenvalue weighted by atomic mass is 16.1. The predicted octanol–water partition coefficient (Wildman–Crippen LogP) is 2.60. The van der Waals surface area contributed by atoms with E-state index in [2.05, 4.69) is 19.1 Å². The molecule has 2 nitrogen and oxygen atoms in total. The van der Waals surface area contributed by atoms with Crippen LogP contribution >= 0.6 is 0 Å². The van der Waals surface area contributed by atoms with Crippen molar-refractivity contribution in [3.8, 4) is 5.69 Å². The third-order valence-corrected chi connectivity index (χ3v) is 2.18. The van der Waals surface area contributed by atoms with E-state index in [4.69, 9.17) is 0 Å². The Kier molecular flexibility index (Phi) is 2.19. The van der Waals surface area contributed by atoms with E-state index < -0.39 is 0 Å². The molecule has 2 aromatic rings. The van der Waals surface area contributed by atoms with Gasteiger partial charge in [-0.15, -0.1) is 0 Å². The highest BCUT2D eigenvalue weighted by Crippen LogP contribution is 2.10. The number of hydrogen-bond donors (Lipinski definition) is 0. The third kappa shape index (κ3) is 1.59. The summed E-state index contributed by atoms with van der Waals surface area (Å²) in [6.07, 6.45) is 4.55. The van der Waals surface area contributed by atoms with Gasteiger partial charge in [-0.05, 0) is 25.1 Å². The van der Waals surface area contributed by atoms with Crippen LogP contribution in [0.4, 0.5) is 0 Å². The Morgan fingerprint density at radius 2 is 1.86 bits per heavy atom. The summed E-state index contributed by atoms with van der Waals surface area (Å²) in [7, 11) is 0. The van der Waals surface area contributed by atoms with Crippen molar-refractivity contribution in [2.45, 2.75) is 6.92 Å². The average molecular weight is 185 g/mol. The molecule has 1 aromatic carbocycles. The van der Waals surface area contributed by atoms with Crippen LogP contribution in [0.2, 0.25) is 0 Å². The van der Waals surface area contributed by atoms with E-state index in [1.165, 1.54) is 5.56 Å². The molecule has 2 rings (SSSR count). The van der Waals surface area contributed by atoms with E-state index in [1.807, 2.05) is 29.1 Å². The Morgan fingerprint density at radius 1 is 1.14 bits per heavy atom. The molecule has 0 bridgehead atoms. The van der Waals surface area contributed by atoms with Crippen LogP contribution in [-0.2, 0) is 0 Å². The Hall–Kier alpha value is -1.83. The van der Waals surface area contributed by atoms with Gasteiger partial charge in [-0.25, -0.2) is 0 Å². The predicted molar refractivity (Wildman–Crippen MR) is 55.9 cm³/mol. The zero-order valence-electron chi connectivity index (χ0n) is 7.97. The molecule has 14 heavy (non-hydrogen) atoms. The van der Waals surface area contributed by atoms with Gasteiger partial charge in [-0.1, -0.05) is 17.7 Å². The van der Waals surface area contributed by atoms with Crippen molar-refractivity contribution >= 4 is 6.29 Å². The number of nitrogens with zero attached hydrogens (tertiary/aromatic N) is 1. The zero-order valence-corrected chi connectivity index (χ0v) is 7.97. The summed E-state index contributed by atoms with van der Waals surface area (Å²) in [6.45, 7) is 2.05. The molecule has 2 heteroatoms. The van der Waals surface area contributed by atoms with Gasteiger partial charge in [0.2, 0.25) is 0 Å². The smallest absolute Gasteiger partial charge is 0.151 e. The first-order chi connectivity index (χ1) is 6.79. The first kappa shape index (κ1) is 8.75. The molecule has 1 heterocycles. The molecule has 0 aliphatic heterocycles. The first-order valence-electron chi connectivity index (χ1n) is 4.50. The maximum absolute atomic E-state index is 10.5. The van der Waals surface area contributed by atoms with Crippen molar-refractivity contribution in [3.63, 3.8) is 0 Å². The molecule has 0 atom stereocenters. The van der Waals surface area contributed by atoms with Gasteiger partial charge in [-0.2, -0.15) is 0 Å². The van der Waals surface area contributed by atoms with Gasteiger partial charge >= 0.3 is 0 Å². The average Bonchev–Trinajstić information content (AvgIpc) is 2.67. The Morgan fingerprint density at radius 3 is 2.43 bits per heavy atom. The van der Waals surface area contributed by atoms with E-state index >= 15 is 0 Å². The first-order valence-corrected chi connectivity index (χ1v) is 4.50. The Balaban J connectivity index is 2.39. The monoisotopic (exact) mass is 185 g/mol. The number of carbonyl (C=O) groups excluding carboxylic acids is 1. The minimum Gasteiger partial charge on any atom is -0.323 e. The van der Waals surface area contributed by atoms with Gasteiger partial charge < -0.3 is 4.57 Å². The lowest BCUT2D eigenvalue weighted by molar-refractivity contribution is 0.112. The molecule has 0 saturated heterocycles. The van der Waals surface area contributed by atoms with E-state index in [-0.39, 0.29) is 0 Å². The lowest BCUT2D eigenvalue weighted by atomic mass is 10.2. The van der Waals surface area contributed by atoms with Gasteiger partial charge in [0.05, 0.1) is 0 Å². The molecule has 0 amide bonds. The molecule has 0 fully saturated rings. The van der Waals surface area contributed by atoms with Crippen LogP contribution in [-0.4, -0.2) is 10.9 Å². The highest BCUT2D eigenvalue weighted by Gasteiger charge is 1.97. The number of benzene rings is 1. The maximum atomic E-state index is 10.5. The third-order valence-electron chi connectivity index (χ3n) is 2.18. The maximum Gasteiger partial charge on any atom is 0.151 e. The number of carbonyl (C=O) groups is 1. The molecule has 70 valence electrons. The van der Waals surface area contributed by atoms with Gasteiger partial charge in [0, 0.05) is 23.6 Å². The van der Waals surface area contributed by atoms with E-state index in [0.717, 1.165) is 12.0 Å². The van der Waals surface area contributed by atoms with Crippen molar-refractivity contribution < 1.29 is 4.79 Å². The molecular weight excluding hydrogens is 174 g/mol. The normalized spacial score (nSPS) is 10.1. The van der Waals surface area contributed by atoms with Crippen LogP contribution < -0.4 is 0 Å². The number of aldehydes is 1. The van der Waals surface area contributed by atoms with Crippen molar-refractivity contribution in [2.24, 2.45) is 0 Å². The molecule has 0 spiro atoms.